The average Bonchev–Trinajstić information content (AvgIpc) is 3.06. The van der Waals surface area contributed by atoms with Gasteiger partial charge in [-0.1, -0.05) is 6.07 Å². The molecule has 1 aromatic heterocycles. The molecule has 126 valence electrons. The highest BCUT2D eigenvalue weighted by atomic mass is 16.5. The van der Waals surface area contributed by atoms with E-state index in [-0.39, 0.29) is 12.4 Å². The van der Waals surface area contributed by atoms with Gasteiger partial charge in [0.25, 0.3) is 0 Å². The average molecular weight is 331 g/mol. The van der Waals surface area contributed by atoms with Gasteiger partial charge >= 0.3 is 5.97 Å². The number of esters is 1. The molecule has 0 fully saturated rings. The van der Waals surface area contributed by atoms with E-state index in [1.54, 1.807) is 30.3 Å². The van der Waals surface area contributed by atoms with Crippen molar-refractivity contribution in [1.29, 1.82) is 0 Å². The molecule has 7 heteroatoms. The number of nitrogens with two attached hydrogens (primary N) is 1. The molecule has 0 aliphatic rings. The number of hydrogen-bond acceptors (Lipinski definition) is 6. The molecule has 0 aliphatic carbocycles. The first-order valence-corrected chi connectivity index (χ1v) is 6.99. The van der Waals surface area contributed by atoms with Crippen LogP contribution in [0.25, 0.3) is 6.08 Å². The molecule has 0 unspecified atom stereocenters. The topological polar surface area (TPSA) is 101 Å². The second-order valence-corrected chi connectivity index (χ2v) is 4.69. The molecule has 0 spiro atoms. The molecule has 1 amide bonds. The Labute approximate surface area is 138 Å². The van der Waals surface area contributed by atoms with Gasteiger partial charge in [-0.25, -0.2) is 4.79 Å². The lowest BCUT2D eigenvalue weighted by atomic mass is 10.2. The lowest BCUT2D eigenvalue weighted by molar-refractivity contribution is -0.113. The normalized spacial score (nSPS) is 10.6. The van der Waals surface area contributed by atoms with E-state index in [1.165, 1.54) is 26.4 Å². The third-order valence-electron chi connectivity index (χ3n) is 3.05. The Hall–Kier alpha value is -3.22. The Kier molecular flexibility index (Phi) is 5.62. The summed E-state index contributed by atoms with van der Waals surface area (Å²) in [7, 11) is 2.78. The summed E-state index contributed by atoms with van der Waals surface area (Å²) >= 11 is 0. The molecule has 0 radical (unpaired) electrons. The van der Waals surface area contributed by atoms with Gasteiger partial charge in [-0.2, -0.15) is 0 Å². The fourth-order valence-electron chi connectivity index (χ4n) is 1.90. The van der Waals surface area contributed by atoms with Gasteiger partial charge in [-0.3, -0.25) is 4.79 Å². The van der Waals surface area contributed by atoms with Crippen LogP contribution < -0.4 is 15.2 Å². The summed E-state index contributed by atoms with van der Waals surface area (Å²) in [4.78, 5) is 22.1. The van der Waals surface area contributed by atoms with Crippen molar-refractivity contribution in [3.8, 4) is 11.5 Å². The Morgan fingerprint density at radius 3 is 2.62 bits per heavy atom. The van der Waals surface area contributed by atoms with Gasteiger partial charge < -0.3 is 24.4 Å². The monoisotopic (exact) mass is 331 g/mol. The lowest BCUT2D eigenvalue weighted by Gasteiger charge is -2.10. The van der Waals surface area contributed by atoms with Crippen LogP contribution in [0.5, 0.6) is 11.5 Å². The van der Waals surface area contributed by atoms with Crippen LogP contribution in [0.1, 0.15) is 21.9 Å². The summed E-state index contributed by atoms with van der Waals surface area (Å²) < 4.78 is 20.8. The van der Waals surface area contributed by atoms with E-state index in [0.717, 1.165) is 5.56 Å². The van der Waals surface area contributed by atoms with Crippen molar-refractivity contribution < 1.29 is 28.2 Å². The third-order valence-corrected chi connectivity index (χ3v) is 3.05. The van der Waals surface area contributed by atoms with Crippen LogP contribution in [-0.2, 0) is 16.1 Å². The maximum absolute atomic E-state index is 11.3. The van der Waals surface area contributed by atoms with Crippen molar-refractivity contribution >= 4 is 18.0 Å². The molecule has 0 saturated heterocycles. The number of amides is 1. The van der Waals surface area contributed by atoms with E-state index < -0.39 is 11.9 Å². The van der Waals surface area contributed by atoms with Crippen LogP contribution in [0, 0.1) is 0 Å². The first kappa shape index (κ1) is 17.1. The first-order valence-electron chi connectivity index (χ1n) is 6.99. The highest BCUT2D eigenvalue weighted by Crippen LogP contribution is 2.29. The molecule has 1 heterocycles. The minimum absolute atomic E-state index is 0.106. The van der Waals surface area contributed by atoms with E-state index in [1.807, 2.05) is 0 Å². The van der Waals surface area contributed by atoms with E-state index in [4.69, 9.17) is 19.6 Å². The number of ether oxygens (including phenoxy) is 3. The van der Waals surface area contributed by atoms with Crippen molar-refractivity contribution in [3.05, 3.63) is 53.5 Å². The summed E-state index contributed by atoms with van der Waals surface area (Å²) in [5.74, 6) is 0.467. The summed E-state index contributed by atoms with van der Waals surface area (Å²) in [6.07, 6.45) is 2.83. The molecule has 0 aliphatic heterocycles. The van der Waals surface area contributed by atoms with Crippen LogP contribution in [0.3, 0.4) is 0 Å². The highest BCUT2D eigenvalue weighted by molar-refractivity contribution is 5.90. The molecule has 2 N–H and O–H groups in total. The molecular formula is C17H17NO6. The fraction of sp³-hybridized carbons (Fsp3) is 0.176. The van der Waals surface area contributed by atoms with E-state index >= 15 is 0 Å². The van der Waals surface area contributed by atoms with Crippen molar-refractivity contribution in [1.82, 2.24) is 0 Å². The summed E-state index contributed by atoms with van der Waals surface area (Å²) in [6.45, 7) is 0.115. The predicted octanol–water partition coefficient (Wildman–Crippen LogP) is 2.15. The van der Waals surface area contributed by atoms with E-state index in [2.05, 4.69) is 4.74 Å². The zero-order chi connectivity index (χ0) is 17.5. The van der Waals surface area contributed by atoms with Crippen molar-refractivity contribution in [2.24, 2.45) is 5.73 Å². The number of furan rings is 1. The number of benzene rings is 1. The fourth-order valence-corrected chi connectivity index (χ4v) is 1.90. The first-order chi connectivity index (χ1) is 11.5. The molecule has 2 rings (SSSR count). The Morgan fingerprint density at radius 1 is 1.17 bits per heavy atom. The molecule has 0 atom stereocenters. The second-order valence-electron chi connectivity index (χ2n) is 4.69. The number of rotatable bonds is 7. The molecule has 7 nitrogen and oxygen atoms in total. The Morgan fingerprint density at radius 2 is 1.96 bits per heavy atom. The quantitative estimate of drug-likeness (QED) is 0.616. The SMILES string of the molecule is COC(=O)c1ccc(COc2ccc(C=CC(N)=O)cc2OC)o1. The largest absolute Gasteiger partial charge is 0.493 e. The zero-order valence-corrected chi connectivity index (χ0v) is 13.3. The molecule has 0 saturated carbocycles. The van der Waals surface area contributed by atoms with Gasteiger partial charge in [0.05, 0.1) is 14.2 Å². The highest BCUT2D eigenvalue weighted by Gasteiger charge is 2.12. The Balaban J connectivity index is 2.08. The predicted molar refractivity (Wildman–Crippen MR) is 85.6 cm³/mol. The smallest absolute Gasteiger partial charge is 0.373 e. The van der Waals surface area contributed by atoms with Crippen molar-refractivity contribution in [2.45, 2.75) is 6.61 Å². The van der Waals surface area contributed by atoms with Crippen molar-refractivity contribution in [2.75, 3.05) is 14.2 Å². The summed E-state index contributed by atoms with van der Waals surface area (Å²) in [5.41, 5.74) is 5.80. The van der Waals surface area contributed by atoms with Crippen LogP contribution in [-0.4, -0.2) is 26.1 Å². The molecule has 2 aromatic rings. The van der Waals surface area contributed by atoms with Crippen molar-refractivity contribution in [3.63, 3.8) is 0 Å². The standard InChI is InChI=1S/C17H17NO6/c1-21-15-9-11(4-8-16(18)19)3-6-13(15)23-10-12-5-7-14(24-12)17(20)22-2/h3-9H,10H2,1-2H3,(H2,18,19). The molecule has 24 heavy (non-hydrogen) atoms. The summed E-state index contributed by atoms with van der Waals surface area (Å²) in [5, 5.41) is 0. The van der Waals surface area contributed by atoms with E-state index in [9.17, 15) is 9.59 Å². The number of carbonyl (C=O) groups is 2. The Bertz CT molecular complexity index is 762. The third kappa shape index (κ3) is 4.39. The number of primary amides is 1. The minimum atomic E-state index is -0.551. The number of methoxy groups -OCH3 is 2. The molecule has 1 aromatic carbocycles. The van der Waals surface area contributed by atoms with Crippen LogP contribution >= 0.6 is 0 Å². The van der Waals surface area contributed by atoms with Crippen LogP contribution in [0.15, 0.2) is 40.8 Å². The number of hydrogen-bond donors (Lipinski definition) is 1. The lowest BCUT2D eigenvalue weighted by Crippen LogP contribution is -2.05. The minimum Gasteiger partial charge on any atom is -0.493 e. The van der Waals surface area contributed by atoms with Gasteiger partial charge in [0.15, 0.2) is 11.5 Å². The van der Waals surface area contributed by atoms with Gasteiger partial charge in [0.1, 0.15) is 12.4 Å². The van der Waals surface area contributed by atoms with Crippen LogP contribution in [0.4, 0.5) is 0 Å². The van der Waals surface area contributed by atoms with Gasteiger partial charge in [-0.05, 0) is 35.9 Å². The maximum atomic E-state index is 11.3. The number of carbonyl (C=O) groups excluding carboxylic acids is 2. The van der Waals surface area contributed by atoms with Gasteiger partial charge in [0.2, 0.25) is 11.7 Å². The van der Waals surface area contributed by atoms with Gasteiger partial charge in [-0.15, -0.1) is 0 Å². The molecule has 0 bridgehead atoms. The second kappa shape index (κ2) is 7.87. The van der Waals surface area contributed by atoms with E-state index in [0.29, 0.717) is 17.3 Å². The maximum Gasteiger partial charge on any atom is 0.373 e. The van der Waals surface area contributed by atoms with Gasteiger partial charge in [0, 0.05) is 6.08 Å². The van der Waals surface area contributed by atoms with Crippen LogP contribution in [0.2, 0.25) is 0 Å². The summed E-state index contributed by atoms with van der Waals surface area (Å²) in [6, 6.07) is 8.29. The zero-order valence-electron chi connectivity index (χ0n) is 13.3. The molecular weight excluding hydrogens is 314 g/mol.